The Morgan fingerprint density at radius 2 is 1.70 bits per heavy atom. The van der Waals surface area contributed by atoms with Crippen molar-refractivity contribution in [1.29, 1.82) is 0 Å². The maximum atomic E-state index is 12.6. The number of piperazine rings is 1. The van der Waals surface area contributed by atoms with Crippen LogP contribution < -0.4 is 0 Å². The number of sulfonamides is 1. The first-order valence-electron chi connectivity index (χ1n) is 8.59. The summed E-state index contributed by atoms with van der Waals surface area (Å²) in [4.78, 5) is 2.86. The topological polar surface area (TPSA) is 40.6 Å². The van der Waals surface area contributed by atoms with E-state index in [4.69, 9.17) is 0 Å². The van der Waals surface area contributed by atoms with E-state index in [0.717, 1.165) is 37.4 Å². The van der Waals surface area contributed by atoms with Crippen LogP contribution in [-0.4, -0.2) is 50.3 Å². The number of nitrogens with zero attached hydrogens (tertiary/aromatic N) is 2. The molecule has 3 atom stereocenters. The van der Waals surface area contributed by atoms with Crippen LogP contribution in [0.3, 0.4) is 0 Å². The lowest BCUT2D eigenvalue weighted by Crippen LogP contribution is -2.49. The van der Waals surface area contributed by atoms with Crippen LogP contribution in [0.2, 0.25) is 0 Å². The SMILES string of the molecule is O=S(=O)(c1ccccc1)N1CCN(C[C@H]2C[C@@H]3C=C[C@H]2C3)CC1. The lowest BCUT2D eigenvalue weighted by Gasteiger charge is -2.36. The van der Waals surface area contributed by atoms with Gasteiger partial charge in [-0.15, -0.1) is 0 Å². The Kier molecular flexibility index (Phi) is 4.03. The molecule has 2 fully saturated rings. The van der Waals surface area contributed by atoms with Crippen molar-refractivity contribution in [2.45, 2.75) is 17.7 Å². The lowest BCUT2D eigenvalue weighted by atomic mass is 9.93. The van der Waals surface area contributed by atoms with Crippen molar-refractivity contribution in [2.75, 3.05) is 32.7 Å². The van der Waals surface area contributed by atoms with Crippen LogP contribution in [0.1, 0.15) is 12.8 Å². The Morgan fingerprint density at radius 3 is 2.30 bits per heavy atom. The van der Waals surface area contributed by atoms with Gasteiger partial charge < -0.3 is 4.90 Å². The maximum absolute atomic E-state index is 12.6. The van der Waals surface area contributed by atoms with E-state index in [-0.39, 0.29) is 0 Å². The third kappa shape index (κ3) is 2.97. The van der Waals surface area contributed by atoms with Crippen LogP contribution in [-0.2, 0) is 10.0 Å². The van der Waals surface area contributed by atoms with E-state index < -0.39 is 10.0 Å². The van der Waals surface area contributed by atoms with E-state index >= 15 is 0 Å². The number of allylic oxidation sites excluding steroid dienone is 2. The second kappa shape index (κ2) is 6.04. The van der Waals surface area contributed by atoms with E-state index in [0.29, 0.717) is 18.0 Å². The minimum absolute atomic E-state index is 0.409. The molecule has 0 amide bonds. The molecule has 1 saturated heterocycles. The van der Waals surface area contributed by atoms with Crippen molar-refractivity contribution in [1.82, 2.24) is 9.21 Å². The molecule has 124 valence electrons. The second-order valence-electron chi connectivity index (χ2n) is 7.06. The third-order valence-corrected chi connectivity index (χ3v) is 7.53. The van der Waals surface area contributed by atoms with Crippen LogP contribution in [0.15, 0.2) is 47.4 Å². The number of rotatable bonds is 4. The molecule has 0 N–H and O–H groups in total. The summed E-state index contributed by atoms with van der Waals surface area (Å²) in [6.45, 7) is 4.04. The van der Waals surface area contributed by atoms with Crippen molar-refractivity contribution >= 4 is 10.0 Å². The Morgan fingerprint density at radius 1 is 0.957 bits per heavy atom. The van der Waals surface area contributed by atoms with E-state index in [1.807, 2.05) is 6.07 Å². The fraction of sp³-hybridized carbons (Fsp3) is 0.556. The maximum Gasteiger partial charge on any atom is 0.243 e. The molecule has 0 aromatic heterocycles. The van der Waals surface area contributed by atoms with Gasteiger partial charge in [0.15, 0.2) is 0 Å². The molecule has 1 aromatic carbocycles. The first kappa shape index (κ1) is 15.4. The van der Waals surface area contributed by atoms with Gasteiger partial charge in [0.05, 0.1) is 4.90 Å². The number of hydrogen-bond donors (Lipinski definition) is 0. The third-order valence-electron chi connectivity index (χ3n) is 5.62. The molecule has 0 unspecified atom stereocenters. The average Bonchev–Trinajstić information content (AvgIpc) is 3.19. The Hall–Kier alpha value is -1.17. The zero-order valence-electron chi connectivity index (χ0n) is 13.3. The summed E-state index contributed by atoms with van der Waals surface area (Å²) in [5.41, 5.74) is 0. The van der Waals surface area contributed by atoms with Gasteiger partial charge >= 0.3 is 0 Å². The van der Waals surface area contributed by atoms with Crippen LogP contribution >= 0.6 is 0 Å². The van der Waals surface area contributed by atoms with Crippen molar-refractivity contribution < 1.29 is 8.42 Å². The minimum atomic E-state index is -3.33. The van der Waals surface area contributed by atoms with Gasteiger partial charge in [-0.3, -0.25) is 0 Å². The molecule has 1 aromatic rings. The summed E-state index contributed by atoms with van der Waals surface area (Å²) in [5, 5.41) is 0. The average molecular weight is 332 g/mol. The monoisotopic (exact) mass is 332 g/mol. The van der Waals surface area contributed by atoms with Crippen LogP contribution in [0, 0.1) is 17.8 Å². The molecule has 23 heavy (non-hydrogen) atoms. The number of fused-ring (bicyclic) bond motifs is 2. The van der Waals surface area contributed by atoms with Crippen LogP contribution in [0.4, 0.5) is 0 Å². The predicted molar refractivity (Wildman–Crippen MR) is 90.5 cm³/mol. The number of hydrogen-bond acceptors (Lipinski definition) is 3. The molecule has 1 saturated carbocycles. The molecular formula is C18H24N2O2S. The zero-order valence-corrected chi connectivity index (χ0v) is 14.2. The molecule has 1 aliphatic heterocycles. The van der Waals surface area contributed by atoms with Gasteiger partial charge in [0.1, 0.15) is 0 Å². The molecule has 1 heterocycles. The van der Waals surface area contributed by atoms with E-state index in [9.17, 15) is 8.42 Å². The standard InChI is InChI=1S/C18H24N2O2S/c21-23(22,18-4-2-1-3-5-18)20-10-8-19(9-11-20)14-17-13-15-6-7-16(17)12-15/h1-7,15-17H,8-14H2/t15-,16+,17-/m1/s1. The zero-order chi connectivity index (χ0) is 15.9. The highest BCUT2D eigenvalue weighted by molar-refractivity contribution is 7.89. The predicted octanol–water partition coefficient (Wildman–Crippen LogP) is 2.21. The molecule has 5 heteroatoms. The van der Waals surface area contributed by atoms with Gasteiger partial charge in [-0.1, -0.05) is 30.4 Å². The molecule has 3 aliphatic rings. The number of benzene rings is 1. The van der Waals surface area contributed by atoms with Gasteiger partial charge in [0, 0.05) is 32.7 Å². The largest absolute Gasteiger partial charge is 0.300 e. The first-order valence-corrected chi connectivity index (χ1v) is 10.0. The summed E-state index contributed by atoms with van der Waals surface area (Å²) in [6, 6.07) is 8.78. The van der Waals surface area contributed by atoms with Gasteiger partial charge in [-0.2, -0.15) is 4.31 Å². The summed E-state index contributed by atoms with van der Waals surface area (Å²) in [5.74, 6) is 2.36. The molecule has 2 aliphatic carbocycles. The molecule has 4 rings (SSSR count). The Labute approximate surface area is 138 Å². The van der Waals surface area contributed by atoms with Gasteiger partial charge in [0.25, 0.3) is 0 Å². The molecule has 0 spiro atoms. The van der Waals surface area contributed by atoms with Gasteiger partial charge in [-0.05, 0) is 42.7 Å². The fourth-order valence-corrected chi connectivity index (χ4v) is 5.77. The first-order chi connectivity index (χ1) is 11.1. The van der Waals surface area contributed by atoms with E-state index in [1.54, 1.807) is 28.6 Å². The van der Waals surface area contributed by atoms with Crippen molar-refractivity contribution in [3.8, 4) is 0 Å². The highest BCUT2D eigenvalue weighted by Crippen LogP contribution is 2.43. The van der Waals surface area contributed by atoms with Gasteiger partial charge in [-0.25, -0.2) is 8.42 Å². The summed E-state index contributed by atoms with van der Waals surface area (Å²) in [7, 11) is -3.33. The molecule has 4 nitrogen and oxygen atoms in total. The highest BCUT2D eigenvalue weighted by atomic mass is 32.2. The van der Waals surface area contributed by atoms with E-state index in [1.165, 1.54) is 12.8 Å². The van der Waals surface area contributed by atoms with Gasteiger partial charge in [0.2, 0.25) is 10.0 Å². The summed E-state index contributed by atoms with van der Waals surface area (Å²) >= 11 is 0. The normalized spacial score (nSPS) is 31.7. The highest BCUT2D eigenvalue weighted by Gasteiger charge is 2.37. The second-order valence-corrected chi connectivity index (χ2v) is 9.00. The molecular weight excluding hydrogens is 308 g/mol. The van der Waals surface area contributed by atoms with Crippen LogP contribution in [0.5, 0.6) is 0 Å². The molecule has 0 radical (unpaired) electrons. The Balaban J connectivity index is 1.35. The smallest absolute Gasteiger partial charge is 0.243 e. The quantitative estimate of drug-likeness (QED) is 0.794. The van der Waals surface area contributed by atoms with Crippen LogP contribution in [0.25, 0.3) is 0 Å². The Bertz CT molecular complexity index is 678. The summed E-state index contributed by atoms with van der Waals surface area (Å²) in [6.07, 6.45) is 7.44. The van der Waals surface area contributed by atoms with Crippen molar-refractivity contribution in [3.05, 3.63) is 42.5 Å². The lowest BCUT2D eigenvalue weighted by molar-refractivity contribution is 0.156. The van der Waals surface area contributed by atoms with Crippen molar-refractivity contribution in [2.24, 2.45) is 17.8 Å². The minimum Gasteiger partial charge on any atom is -0.300 e. The van der Waals surface area contributed by atoms with Crippen molar-refractivity contribution in [3.63, 3.8) is 0 Å². The molecule has 2 bridgehead atoms. The fourth-order valence-electron chi connectivity index (χ4n) is 4.33. The summed E-state index contributed by atoms with van der Waals surface area (Å²) < 4.78 is 26.9. The van der Waals surface area contributed by atoms with E-state index in [2.05, 4.69) is 17.1 Å².